The lowest BCUT2D eigenvalue weighted by atomic mass is 9.98. The van der Waals surface area contributed by atoms with E-state index in [2.05, 4.69) is 4.98 Å². The number of carbonyl (C=O) groups is 2. The molecule has 1 aromatic carbocycles. The minimum atomic E-state index is -0.732. The van der Waals surface area contributed by atoms with Crippen LogP contribution in [0, 0.1) is 0 Å². The van der Waals surface area contributed by atoms with Crippen molar-refractivity contribution in [3.05, 3.63) is 65.5 Å². The van der Waals surface area contributed by atoms with Gasteiger partial charge in [-0.3, -0.25) is 14.6 Å². The van der Waals surface area contributed by atoms with Crippen LogP contribution >= 0.6 is 0 Å². The summed E-state index contributed by atoms with van der Waals surface area (Å²) in [4.78, 5) is 33.7. The van der Waals surface area contributed by atoms with Crippen LogP contribution in [-0.4, -0.2) is 65.4 Å². The van der Waals surface area contributed by atoms with Crippen LogP contribution in [0.25, 0.3) is 5.76 Å². The van der Waals surface area contributed by atoms with E-state index in [0.717, 1.165) is 6.54 Å². The Bertz CT molecular complexity index is 940. The Morgan fingerprint density at radius 2 is 2.00 bits per heavy atom. The zero-order chi connectivity index (χ0) is 21.7. The molecule has 3 rings (SSSR count). The summed E-state index contributed by atoms with van der Waals surface area (Å²) in [5, 5.41) is 11.1. The first kappa shape index (κ1) is 21.5. The molecule has 1 N–H and O–H groups in total. The highest BCUT2D eigenvalue weighted by Crippen LogP contribution is 2.38. The number of aliphatic hydroxyl groups excluding tert-OH is 1. The number of benzene rings is 1. The van der Waals surface area contributed by atoms with Crippen molar-refractivity contribution in [3.63, 3.8) is 0 Å². The Balaban J connectivity index is 2.06. The highest BCUT2D eigenvalue weighted by molar-refractivity contribution is 6.46. The molecule has 1 aliphatic heterocycles. The average Bonchev–Trinajstić information content (AvgIpc) is 2.99. The fraction of sp³-hybridized carbons (Fsp3) is 0.348. The SMILES string of the molecule is CCOc1cccc(/C(O)=C2\C(=O)C(=O)N(CCCN(C)C)C2c2ccccn2)c1. The lowest BCUT2D eigenvalue weighted by molar-refractivity contribution is -0.140. The van der Waals surface area contributed by atoms with Crippen LogP contribution in [0.5, 0.6) is 5.75 Å². The molecule has 0 radical (unpaired) electrons. The number of Topliss-reactive ketones (excluding diaryl/α,β-unsaturated/α-hetero) is 1. The summed E-state index contributed by atoms with van der Waals surface area (Å²) in [6, 6.07) is 11.5. The van der Waals surface area contributed by atoms with Crippen LogP contribution < -0.4 is 4.74 Å². The number of ether oxygens (including phenoxy) is 1. The summed E-state index contributed by atoms with van der Waals surface area (Å²) in [5.41, 5.74) is 1.02. The molecular formula is C23H27N3O4. The van der Waals surface area contributed by atoms with Crippen molar-refractivity contribution in [2.75, 3.05) is 33.8 Å². The molecule has 0 aliphatic carbocycles. The molecule has 158 valence electrons. The molecule has 1 saturated heterocycles. The standard InChI is InChI=1S/C23H27N3O4/c1-4-30-17-10-7-9-16(15-17)21(27)19-20(18-11-5-6-12-24-18)26(23(29)22(19)28)14-8-13-25(2)3/h5-7,9-12,15,20,27H,4,8,13-14H2,1-3H3/b21-19+. The van der Waals surface area contributed by atoms with E-state index in [1.807, 2.05) is 25.9 Å². The van der Waals surface area contributed by atoms with Crippen LogP contribution in [-0.2, 0) is 9.59 Å². The molecule has 7 heteroatoms. The quantitative estimate of drug-likeness (QED) is 0.410. The normalized spacial score (nSPS) is 18.3. The van der Waals surface area contributed by atoms with Crippen LogP contribution in [0.4, 0.5) is 0 Å². The minimum absolute atomic E-state index is 0.0530. The van der Waals surface area contributed by atoms with Crippen molar-refractivity contribution in [1.82, 2.24) is 14.8 Å². The molecule has 0 spiro atoms. The number of ketones is 1. The maximum absolute atomic E-state index is 12.9. The Kier molecular flexibility index (Phi) is 6.84. The minimum Gasteiger partial charge on any atom is -0.507 e. The first-order valence-corrected chi connectivity index (χ1v) is 10.0. The van der Waals surface area contributed by atoms with Crippen LogP contribution in [0.3, 0.4) is 0 Å². The third-order valence-electron chi connectivity index (χ3n) is 4.93. The van der Waals surface area contributed by atoms with Gasteiger partial charge in [-0.1, -0.05) is 18.2 Å². The number of likely N-dealkylation sites (tertiary alicyclic amines) is 1. The zero-order valence-electron chi connectivity index (χ0n) is 17.5. The second-order valence-corrected chi connectivity index (χ2v) is 7.36. The Hall–Kier alpha value is -3.19. The molecule has 1 amide bonds. The van der Waals surface area contributed by atoms with E-state index in [1.54, 1.807) is 48.7 Å². The summed E-state index contributed by atoms with van der Waals surface area (Å²) >= 11 is 0. The second-order valence-electron chi connectivity index (χ2n) is 7.36. The Morgan fingerprint density at radius 1 is 1.20 bits per heavy atom. The fourth-order valence-corrected chi connectivity index (χ4v) is 3.57. The van der Waals surface area contributed by atoms with Gasteiger partial charge in [-0.2, -0.15) is 0 Å². The van der Waals surface area contributed by atoms with Gasteiger partial charge in [0.15, 0.2) is 0 Å². The van der Waals surface area contributed by atoms with Crippen molar-refractivity contribution < 1.29 is 19.4 Å². The van der Waals surface area contributed by atoms with Gasteiger partial charge in [-0.15, -0.1) is 0 Å². The fourth-order valence-electron chi connectivity index (χ4n) is 3.57. The summed E-state index contributed by atoms with van der Waals surface area (Å²) in [7, 11) is 3.91. The number of hydrogen-bond acceptors (Lipinski definition) is 6. The molecule has 30 heavy (non-hydrogen) atoms. The van der Waals surface area contributed by atoms with E-state index in [0.29, 0.717) is 36.6 Å². The van der Waals surface area contributed by atoms with E-state index in [9.17, 15) is 14.7 Å². The molecule has 2 heterocycles. The molecule has 2 aromatic rings. The van der Waals surface area contributed by atoms with Crippen LogP contribution in [0.2, 0.25) is 0 Å². The maximum atomic E-state index is 12.9. The first-order chi connectivity index (χ1) is 14.4. The summed E-state index contributed by atoms with van der Waals surface area (Å²) in [6.45, 7) is 3.51. The van der Waals surface area contributed by atoms with E-state index in [4.69, 9.17) is 4.74 Å². The monoisotopic (exact) mass is 409 g/mol. The average molecular weight is 409 g/mol. The van der Waals surface area contributed by atoms with E-state index in [-0.39, 0.29) is 11.3 Å². The summed E-state index contributed by atoms with van der Waals surface area (Å²) in [5.74, 6) is -0.960. The smallest absolute Gasteiger partial charge is 0.295 e. The topological polar surface area (TPSA) is 83.0 Å². The van der Waals surface area contributed by atoms with Gasteiger partial charge in [0.25, 0.3) is 11.7 Å². The van der Waals surface area contributed by atoms with Crippen molar-refractivity contribution in [2.45, 2.75) is 19.4 Å². The predicted molar refractivity (Wildman–Crippen MR) is 114 cm³/mol. The molecule has 1 aromatic heterocycles. The zero-order valence-corrected chi connectivity index (χ0v) is 17.5. The van der Waals surface area contributed by atoms with Gasteiger partial charge in [0.05, 0.1) is 17.9 Å². The lowest BCUT2D eigenvalue weighted by Crippen LogP contribution is -2.32. The molecule has 1 fully saturated rings. The van der Waals surface area contributed by atoms with Gasteiger partial charge in [0.2, 0.25) is 0 Å². The van der Waals surface area contributed by atoms with Crippen molar-refractivity contribution in [3.8, 4) is 5.75 Å². The van der Waals surface area contributed by atoms with Gasteiger partial charge in [0.1, 0.15) is 17.6 Å². The summed E-state index contributed by atoms with van der Waals surface area (Å²) in [6.07, 6.45) is 2.31. The molecular weight excluding hydrogens is 382 g/mol. The number of carbonyl (C=O) groups excluding carboxylic acids is 2. The van der Waals surface area contributed by atoms with Crippen LogP contribution in [0.15, 0.2) is 54.2 Å². The largest absolute Gasteiger partial charge is 0.507 e. The van der Waals surface area contributed by atoms with Gasteiger partial charge in [-0.25, -0.2) is 0 Å². The van der Waals surface area contributed by atoms with Gasteiger partial charge >= 0.3 is 0 Å². The number of amides is 1. The Morgan fingerprint density at radius 3 is 2.67 bits per heavy atom. The number of rotatable bonds is 8. The van der Waals surface area contributed by atoms with Crippen molar-refractivity contribution in [1.29, 1.82) is 0 Å². The number of hydrogen-bond donors (Lipinski definition) is 1. The maximum Gasteiger partial charge on any atom is 0.295 e. The highest BCUT2D eigenvalue weighted by Gasteiger charge is 2.46. The van der Waals surface area contributed by atoms with Gasteiger partial charge in [0, 0.05) is 18.3 Å². The molecule has 7 nitrogen and oxygen atoms in total. The first-order valence-electron chi connectivity index (χ1n) is 10.0. The van der Waals surface area contributed by atoms with E-state index in [1.165, 1.54) is 4.90 Å². The number of pyridine rings is 1. The van der Waals surface area contributed by atoms with E-state index >= 15 is 0 Å². The summed E-state index contributed by atoms with van der Waals surface area (Å²) < 4.78 is 5.50. The number of aromatic nitrogens is 1. The number of nitrogens with zero attached hydrogens (tertiary/aromatic N) is 3. The van der Waals surface area contributed by atoms with E-state index < -0.39 is 17.7 Å². The number of aliphatic hydroxyl groups is 1. The third-order valence-corrected chi connectivity index (χ3v) is 4.93. The van der Waals surface area contributed by atoms with Crippen LogP contribution in [0.1, 0.15) is 30.6 Å². The second kappa shape index (κ2) is 9.54. The highest BCUT2D eigenvalue weighted by atomic mass is 16.5. The lowest BCUT2D eigenvalue weighted by Gasteiger charge is -2.25. The van der Waals surface area contributed by atoms with Gasteiger partial charge < -0.3 is 19.6 Å². The molecule has 1 unspecified atom stereocenters. The Labute approximate surface area is 176 Å². The van der Waals surface area contributed by atoms with Crippen molar-refractivity contribution >= 4 is 17.4 Å². The molecule has 0 saturated carbocycles. The van der Waals surface area contributed by atoms with Crippen molar-refractivity contribution in [2.24, 2.45) is 0 Å². The predicted octanol–water partition coefficient (Wildman–Crippen LogP) is 2.85. The molecule has 0 bridgehead atoms. The molecule has 1 aliphatic rings. The van der Waals surface area contributed by atoms with Gasteiger partial charge in [-0.05, 0) is 58.3 Å². The third kappa shape index (κ3) is 4.52. The molecule has 1 atom stereocenters.